The monoisotopic (exact) mass is 522 g/mol. The van der Waals surface area contributed by atoms with Gasteiger partial charge in [-0.2, -0.15) is 0 Å². The molecule has 6 heteroatoms. The number of hydrogen-bond donors (Lipinski definition) is 1. The minimum absolute atomic E-state index is 0.156. The van der Waals surface area contributed by atoms with E-state index in [9.17, 15) is 9.59 Å². The van der Waals surface area contributed by atoms with Crippen LogP contribution in [0.1, 0.15) is 25.0 Å². The SMILES string of the molecule is CC(C)CNC(=O)[C@@H](Cc1ccccc1)N(Cc1ccccc1)C(=O)COc1ccc(Br)cc1. The van der Waals surface area contributed by atoms with Crippen LogP contribution in [0, 0.1) is 5.92 Å². The molecule has 0 aliphatic heterocycles. The lowest BCUT2D eigenvalue weighted by atomic mass is 10.0. The third-order valence-corrected chi connectivity index (χ3v) is 5.86. The van der Waals surface area contributed by atoms with Gasteiger partial charge < -0.3 is 15.0 Å². The molecule has 3 aromatic rings. The number of nitrogens with one attached hydrogen (secondary N) is 1. The molecule has 0 aliphatic carbocycles. The zero-order chi connectivity index (χ0) is 24.3. The van der Waals surface area contributed by atoms with Gasteiger partial charge in [0, 0.05) is 24.0 Å². The molecular weight excluding hydrogens is 492 g/mol. The lowest BCUT2D eigenvalue weighted by molar-refractivity contribution is -0.142. The molecule has 0 radical (unpaired) electrons. The lowest BCUT2D eigenvalue weighted by Gasteiger charge is -2.31. The molecule has 2 amide bonds. The lowest BCUT2D eigenvalue weighted by Crippen LogP contribution is -2.52. The second kappa shape index (κ2) is 12.9. The summed E-state index contributed by atoms with van der Waals surface area (Å²) in [6.45, 7) is 4.80. The van der Waals surface area contributed by atoms with Crippen molar-refractivity contribution >= 4 is 27.7 Å². The first kappa shape index (κ1) is 25.5. The van der Waals surface area contributed by atoms with Gasteiger partial charge in [-0.3, -0.25) is 9.59 Å². The molecule has 0 unspecified atom stereocenters. The first-order valence-electron chi connectivity index (χ1n) is 11.5. The zero-order valence-corrected chi connectivity index (χ0v) is 21.2. The number of amides is 2. The second-order valence-electron chi connectivity index (χ2n) is 8.59. The van der Waals surface area contributed by atoms with Crippen LogP contribution in [-0.2, 0) is 22.6 Å². The maximum atomic E-state index is 13.5. The molecule has 0 aromatic heterocycles. The van der Waals surface area contributed by atoms with Gasteiger partial charge in [0.15, 0.2) is 6.61 Å². The van der Waals surface area contributed by atoms with Crippen molar-refractivity contribution in [1.82, 2.24) is 10.2 Å². The van der Waals surface area contributed by atoms with Gasteiger partial charge in [-0.25, -0.2) is 0 Å². The van der Waals surface area contributed by atoms with Gasteiger partial charge in [0.25, 0.3) is 5.91 Å². The van der Waals surface area contributed by atoms with Crippen molar-refractivity contribution in [2.24, 2.45) is 5.92 Å². The molecule has 0 aliphatic rings. The Bertz CT molecular complexity index is 1040. The van der Waals surface area contributed by atoms with Gasteiger partial charge in [0.2, 0.25) is 5.91 Å². The van der Waals surface area contributed by atoms with Crippen molar-refractivity contribution in [1.29, 1.82) is 0 Å². The van der Waals surface area contributed by atoms with Gasteiger partial charge in [0.1, 0.15) is 11.8 Å². The van der Waals surface area contributed by atoms with Gasteiger partial charge in [-0.1, -0.05) is 90.4 Å². The highest BCUT2D eigenvalue weighted by Gasteiger charge is 2.30. The van der Waals surface area contributed by atoms with E-state index in [-0.39, 0.29) is 18.4 Å². The predicted octanol–water partition coefficient (Wildman–Crippen LogP) is 5.24. The predicted molar refractivity (Wildman–Crippen MR) is 138 cm³/mol. The molecule has 5 nitrogen and oxygen atoms in total. The van der Waals surface area contributed by atoms with Crippen molar-refractivity contribution in [3.63, 3.8) is 0 Å². The molecule has 178 valence electrons. The van der Waals surface area contributed by atoms with Crippen molar-refractivity contribution < 1.29 is 14.3 Å². The summed E-state index contributed by atoms with van der Waals surface area (Å²) in [6, 6.07) is 26.2. The molecule has 3 aromatic carbocycles. The van der Waals surface area contributed by atoms with E-state index in [1.807, 2.05) is 86.6 Å². The van der Waals surface area contributed by atoms with Crippen LogP contribution in [0.25, 0.3) is 0 Å². The van der Waals surface area contributed by atoms with E-state index in [2.05, 4.69) is 21.2 Å². The van der Waals surface area contributed by atoms with Gasteiger partial charge in [0.05, 0.1) is 0 Å². The number of benzene rings is 3. The Morgan fingerprint density at radius 2 is 1.47 bits per heavy atom. The highest BCUT2D eigenvalue weighted by molar-refractivity contribution is 9.10. The Morgan fingerprint density at radius 1 is 0.882 bits per heavy atom. The first-order valence-corrected chi connectivity index (χ1v) is 12.2. The molecule has 0 fully saturated rings. The molecule has 0 saturated heterocycles. The molecule has 3 rings (SSSR count). The van der Waals surface area contributed by atoms with E-state index >= 15 is 0 Å². The van der Waals surface area contributed by atoms with Crippen LogP contribution in [0.3, 0.4) is 0 Å². The van der Waals surface area contributed by atoms with Crippen LogP contribution >= 0.6 is 15.9 Å². The summed E-state index contributed by atoms with van der Waals surface area (Å²) in [5.41, 5.74) is 1.95. The fourth-order valence-corrected chi connectivity index (χ4v) is 3.78. The minimum atomic E-state index is -0.664. The summed E-state index contributed by atoms with van der Waals surface area (Å²) in [6.07, 6.45) is 0.418. The summed E-state index contributed by atoms with van der Waals surface area (Å²) in [5.74, 6) is 0.498. The number of carbonyl (C=O) groups is 2. The fourth-order valence-electron chi connectivity index (χ4n) is 3.52. The third kappa shape index (κ3) is 8.03. The first-order chi connectivity index (χ1) is 16.4. The Labute approximate surface area is 210 Å². The number of halogens is 1. The summed E-state index contributed by atoms with van der Waals surface area (Å²) in [5, 5.41) is 3.02. The van der Waals surface area contributed by atoms with Crippen LogP contribution in [-0.4, -0.2) is 35.9 Å². The number of carbonyl (C=O) groups excluding carboxylic acids is 2. The minimum Gasteiger partial charge on any atom is -0.484 e. The number of nitrogens with zero attached hydrogens (tertiary/aromatic N) is 1. The van der Waals surface area contributed by atoms with Crippen LogP contribution in [0.15, 0.2) is 89.4 Å². The molecule has 0 heterocycles. The fraction of sp³-hybridized carbons (Fsp3) is 0.286. The highest BCUT2D eigenvalue weighted by atomic mass is 79.9. The van der Waals surface area contributed by atoms with Crippen LogP contribution in [0.5, 0.6) is 5.75 Å². The van der Waals surface area contributed by atoms with E-state index in [1.165, 1.54) is 0 Å². The molecule has 1 N–H and O–H groups in total. The molecule has 34 heavy (non-hydrogen) atoms. The largest absolute Gasteiger partial charge is 0.484 e. The normalized spacial score (nSPS) is 11.6. The maximum absolute atomic E-state index is 13.5. The van der Waals surface area contributed by atoms with Crippen molar-refractivity contribution in [2.75, 3.05) is 13.2 Å². The van der Waals surface area contributed by atoms with E-state index < -0.39 is 6.04 Å². The summed E-state index contributed by atoms with van der Waals surface area (Å²) in [4.78, 5) is 28.5. The Kier molecular flexibility index (Phi) is 9.71. The molecule has 1 atom stereocenters. The van der Waals surface area contributed by atoms with Gasteiger partial charge in [-0.15, -0.1) is 0 Å². The van der Waals surface area contributed by atoms with E-state index in [4.69, 9.17) is 4.74 Å². The van der Waals surface area contributed by atoms with Crippen molar-refractivity contribution in [2.45, 2.75) is 32.9 Å². The highest BCUT2D eigenvalue weighted by Crippen LogP contribution is 2.18. The number of ether oxygens (including phenoxy) is 1. The van der Waals surface area contributed by atoms with Gasteiger partial charge in [-0.05, 0) is 41.3 Å². The molecule has 0 bridgehead atoms. The maximum Gasteiger partial charge on any atom is 0.261 e. The summed E-state index contributed by atoms with van der Waals surface area (Å²) in [7, 11) is 0. The van der Waals surface area contributed by atoms with E-state index in [0.29, 0.717) is 31.2 Å². The van der Waals surface area contributed by atoms with Crippen LogP contribution < -0.4 is 10.1 Å². The third-order valence-electron chi connectivity index (χ3n) is 5.33. The molecule has 0 spiro atoms. The average Bonchev–Trinajstić information content (AvgIpc) is 2.85. The van der Waals surface area contributed by atoms with Crippen LogP contribution in [0.2, 0.25) is 0 Å². The van der Waals surface area contributed by atoms with Crippen molar-refractivity contribution in [3.05, 3.63) is 101 Å². The Hall–Kier alpha value is -3.12. The standard InChI is InChI=1S/C28H31BrN2O3/c1-21(2)18-30-28(33)26(17-22-9-5-3-6-10-22)31(19-23-11-7-4-8-12-23)27(32)20-34-25-15-13-24(29)14-16-25/h3-16,21,26H,17-20H2,1-2H3,(H,30,33)/t26-/m1/s1. The topological polar surface area (TPSA) is 58.6 Å². The zero-order valence-electron chi connectivity index (χ0n) is 19.6. The van der Waals surface area contributed by atoms with E-state index in [0.717, 1.165) is 15.6 Å². The van der Waals surface area contributed by atoms with Crippen molar-refractivity contribution in [3.8, 4) is 5.75 Å². The summed E-state index contributed by atoms with van der Waals surface area (Å²) >= 11 is 3.40. The average molecular weight is 523 g/mol. The number of rotatable bonds is 11. The second-order valence-corrected chi connectivity index (χ2v) is 9.51. The Balaban J connectivity index is 1.86. The van der Waals surface area contributed by atoms with E-state index in [1.54, 1.807) is 17.0 Å². The summed E-state index contributed by atoms with van der Waals surface area (Å²) < 4.78 is 6.71. The molecule has 0 saturated carbocycles. The van der Waals surface area contributed by atoms with Gasteiger partial charge >= 0.3 is 0 Å². The smallest absolute Gasteiger partial charge is 0.261 e. The van der Waals surface area contributed by atoms with Crippen LogP contribution in [0.4, 0.5) is 0 Å². The quantitative estimate of drug-likeness (QED) is 0.374. The molecular formula is C28H31BrN2O3. The number of hydrogen-bond acceptors (Lipinski definition) is 3. The Morgan fingerprint density at radius 3 is 2.06 bits per heavy atom.